The number of ether oxygens (including phenoxy) is 1. The fraction of sp³-hybridized carbons (Fsp3) is 0.562. The molecule has 1 aromatic rings. The highest BCUT2D eigenvalue weighted by Gasteiger charge is 2.21. The van der Waals surface area contributed by atoms with Crippen molar-refractivity contribution in [2.24, 2.45) is 5.92 Å². The second-order valence-electron chi connectivity index (χ2n) is 5.79. The van der Waals surface area contributed by atoms with Gasteiger partial charge in [0.05, 0.1) is 13.2 Å². The highest BCUT2D eigenvalue weighted by atomic mass is 16.5. The fourth-order valence-corrected chi connectivity index (χ4v) is 2.02. The van der Waals surface area contributed by atoms with Crippen LogP contribution in [0.4, 0.5) is 0 Å². The SMILES string of the molecule is CC(C)N(CC(=O)O)Cc1ccc(OCC2CC2)cc1. The van der Waals surface area contributed by atoms with Crippen LogP contribution in [0.2, 0.25) is 0 Å². The molecule has 110 valence electrons. The van der Waals surface area contributed by atoms with Crippen LogP contribution < -0.4 is 4.74 Å². The van der Waals surface area contributed by atoms with Gasteiger partial charge < -0.3 is 9.84 Å². The molecule has 1 fully saturated rings. The molecule has 0 aromatic heterocycles. The molecule has 4 nitrogen and oxygen atoms in total. The Morgan fingerprint density at radius 3 is 2.50 bits per heavy atom. The van der Waals surface area contributed by atoms with E-state index >= 15 is 0 Å². The van der Waals surface area contributed by atoms with Crippen LogP contribution in [0.3, 0.4) is 0 Å². The highest BCUT2D eigenvalue weighted by molar-refractivity contribution is 5.69. The van der Waals surface area contributed by atoms with E-state index in [1.807, 2.05) is 43.0 Å². The van der Waals surface area contributed by atoms with E-state index in [0.717, 1.165) is 23.8 Å². The number of nitrogens with zero attached hydrogens (tertiary/aromatic N) is 1. The van der Waals surface area contributed by atoms with Crippen molar-refractivity contribution in [2.45, 2.75) is 39.3 Å². The maximum Gasteiger partial charge on any atom is 0.317 e. The highest BCUT2D eigenvalue weighted by Crippen LogP contribution is 2.29. The Balaban J connectivity index is 1.88. The summed E-state index contributed by atoms with van der Waals surface area (Å²) in [4.78, 5) is 12.8. The number of hydrogen-bond donors (Lipinski definition) is 1. The number of aliphatic carboxylic acids is 1. The minimum absolute atomic E-state index is 0.0671. The average Bonchev–Trinajstić information content (AvgIpc) is 3.20. The van der Waals surface area contributed by atoms with Crippen LogP contribution in [-0.4, -0.2) is 35.2 Å². The van der Waals surface area contributed by atoms with Crippen LogP contribution in [0.25, 0.3) is 0 Å². The molecule has 0 bridgehead atoms. The van der Waals surface area contributed by atoms with Crippen molar-refractivity contribution >= 4 is 5.97 Å². The smallest absolute Gasteiger partial charge is 0.317 e. The van der Waals surface area contributed by atoms with Gasteiger partial charge >= 0.3 is 5.97 Å². The lowest BCUT2D eigenvalue weighted by atomic mass is 10.2. The van der Waals surface area contributed by atoms with Gasteiger partial charge in [-0.3, -0.25) is 9.69 Å². The van der Waals surface area contributed by atoms with Crippen LogP contribution in [0.5, 0.6) is 5.75 Å². The summed E-state index contributed by atoms with van der Waals surface area (Å²) in [5.74, 6) is 0.861. The van der Waals surface area contributed by atoms with Crippen molar-refractivity contribution in [1.82, 2.24) is 4.90 Å². The zero-order valence-electron chi connectivity index (χ0n) is 12.2. The number of carboxylic acids is 1. The molecule has 0 unspecified atom stereocenters. The second-order valence-corrected chi connectivity index (χ2v) is 5.79. The summed E-state index contributed by atoms with van der Waals surface area (Å²) >= 11 is 0. The first kappa shape index (κ1) is 14.9. The van der Waals surface area contributed by atoms with Crippen LogP contribution >= 0.6 is 0 Å². The molecule has 0 heterocycles. The van der Waals surface area contributed by atoms with E-state index in [9.17, 15) is 4.79 Å². The molecule has 4 heteroatoms. The molecule has 0 amide bonds. The zero-order chi connectivity index (χ0) is 14.5. The van der Waals surface area contributed by atoms with E-state index < -0.39 is 5.97 Å². The van der Waals surface area contributed by atoms with Crippen molar-refractivity contribution in [3.05, 3.63) is 29.8 Å². The van der Waals surface area contributed by atoms with Gasteiger partial charge in [0, 0.05) is 12.6 Å². The van der Waals surface area contributed by atoms with Gasteiger partial charge in [0.2, 0.25) is 0 Å². The molecule has 1 N–H and O–H groups in total. The van der Waals surface area contributed by atoms with Gasteiger partial charge in [0.15, 0.2) is 0 Å². The molecule has 0 atom stereocenters. The molecule has 0 radical (unpaired) electrons. The summed E-state index contributed by atoms with van der Waals surface area (Å²) in [6.07, 6.45) is 2.58. The minimum atomic E-state index is -0.789. The number of benzene rings is 1. The van der Waals surface area contributed by atoms with Crippen molar-refractivity contribution in [3.8, 4) is 5.75 Å². The molecule has 1 aromatic carbocycles. The summed E-state index contributed by atoms with van der Waals surface area (Å²) in [6.45, 7) is 5.55. The Morgan fingerprint density at radius 1 is 1.35 bits per heavy atom. The third-order valence-corrected chi connectivity index (χ3v) is 3.56. The molecule has 0 aliphatic heterocycles. The molecular weight excluding hydrogens is 254 g/mol. The lowest BCUT2D eigenvalue weighted by Gasteiger charge is -2.24. The Morgan fingerprint density at radius 2 is 2.00 bits per heavy atom. The Kier molecular flexibility index (Phi) is 5.01. The van der Waals surface area contributed by atoms with Crippen LogP contribution in [0, 0.1) is 5.92 Å². The summed E-state index contributed by atoms with van der Waals surface area (Å²) in [6, 6.07) is 8.17. The van der Waals surface area contributed by atoms with Crippen molar-refractivity contribution in [3.63, 3.8) is 0 Å². The Hall–Kier alpha value is -1.55. The van der Waals surface area contributed by atoms with Gasteiger partial charge in [-0.2, -0.15) is 0 Å². The molecule has 20 heavy (non-hydrogen) atoms. The summed E-state index contributed by atoms with van der Waals surface area (Å²) in [7, 11) is 0. The van der Waals surface area contributed by atoms with E-state index in [1.54, 1.807) is 0 Å². The van der Waals surface area contributed by atoms with E-state index in [2.05, 4.69) is 0 Å². The molecule has 2 rings (SSSR count). The van der Waals surface area contributed by atoms with Crippen LogP contribution in [0.1, 0.15) is 32.3 Å². The van der Waals surface area contributed by atoms with Gasteiger partial charge in [-0.25, -0.2) is 0 Å². The summed E-state index contributed by atoms with van der Waals surface area (Å²) < 4.78 is 5.69. The quantitative estimate of drug-likeness (QED) is 0.794. The third-order valence-electron chi connectivity index (χ3n) is 3.56. The van der Waals surface area contributed by atoms with Gasteiger partial charge in [0.25, 0.3) is 0 Å². The molecule has 0 spiro atoms. The van der Waals surface area contributed by atoms with Crippen LogP contribution in [-0.2, 0) is 11.3 Å². The molecule has 1 saturated carbocycles. The first-order valence-electron chi connectivity index (χ1n) is 7.22. The maximum absolute atomic E-state index is 10.9. The molecule has 1 aliphatic carbocycles. The summed E-state index contributed by atoms with van der Waals surface area (Å²) in [5.41, 5.74) is 1.11. The average molecular weight is 277 g/mol. The minimum Gasteiger partial charge on any atom is -0.493 e. The predicted molar refractivity (Wildman–Crippen MR) is 77.8 cm³/mol. The van der Waals surface area contributed by atoms with E-state index in [4.69, 9.17) is 9.84 Å². The Bertz CT molecular complexity index is 438. The third kappa shape index (κ3) is 4.85. The van der Waals surface area contributed by atoms with Crippen molar-refractivity contribution < 1.29 is 14.6 Å². The van der Waals surface area contributed by atoms with Gasteiger partial charge in [0.1, 0.15) is 5.75 Å². The zero-order valence-corrected chi connectivity index (χ0v) is 12.2. The normalized spacial score (nSPS) is 14.8. The topological polar surface area (TPSA) is 49.8 Å². The number of carboxylic acid groups (broad SMARTS) is 1. The number of carbonyl (C=O) groups is 1. The lowest BCUT2D eigenvalue weighted by molar-refractivity contribution is -0.138. The van der Waals surface area contributed by atoms with Gasteiger partial charge in [-0.05, 0) is 50.3 Å². The second kappa shape index (κ2) is 6.75. The lowest BCUT2D eigenvalue weighted by Crippen LogP contribution is -2.35. The largest absolute Gasteiger partial charge is 0.493 e. The van der Waals surface area contributed by atoms with Crippen LogP contribution in [0.15, 0.2) is 24.3 Å². The summed E-state index contributed by atoms with van der Waals surface area (Å²) in [5, 5.41) is 8.92. The Labute approximate surface area is 120 Å². The van der Waals surface area contributed by atoms with Crippen molar-refractivity contribution in [1.29, 1.82) is 0 Å². The fourth-order valence-electron chi connectivity index (χ4n) is 2.02. The van der Waals surface area contributed by atoms with Crippen molar-refractivity contribution in [2.75, 3.05) is 13.2 Å². The molecule has 1 aliphatic rings. The van der Waals surface area contributed by atoms with E-state index in [1.165, 1.54) is 12.8 Å². The molecule has 0 saturated heterocycles. The monoisotopic (exact) mass is 277 g/mol. The predicted octanol–water partition coefficient (Wildman–Crippen LogP) is 2.77. The van der Waals surface area contributed by atoms with E-state index in [-0.39, 0.29) is 12.6 Å². The number of rotatable bonds is 8. The first-order valence-corrected chi connectivity index (χ1v) is 7.22. The maximum atomic E-state index is 10.9. The standard InChI is InChI=1S/C16H23NO3/c1-12(2)17(10-16(18)19)9-13-5-7-15(8-6-13)20-11-14-3-4-14/h5-8,12,14H,3-4,9-11H2,1-2H3,(H,18,19). The van der Waals surface area contributed by atoms with Gasteiger partial charge in [-0.15, -0.1) is 0 Å². The van der Waals surface area contributed by atoms with E-state index in [0.29, 0.717) is 6.54 Å². The number of hydrogen-bond acceptors (Lipinski definition) is 3. The van der Waals surface area contributed by atoms with Gasteiger partial charge in [-0.1, -0.05) is 12.1 Å². The molecular formula is C16H23NO3. The first-order chi connectivity index (χ1) is 9.54.